The fraction of sp³-hybridized carbons (Fsp3) is 0.136. The number of hydrogen-bond donors (Lipinski definition) is 3. The van der Waals surface area contributed by atoms with Gasteiger partial charge in [0.1, 0.15) is 16.4 Å². The van der Waals surface area contributed by atoms with Crippen molar-refractivity contribution in [2.45, 2.75) is 13.3 Å². The van der Waals surface area contributed by atoms with Gasteiger partial charge in [-0.3, -0.25) is 14.7 Å². The molecule has 30 heavy (non-hydrogen) atoms. The van der Waals surface area contributed by atoms with Gasteiger partial charge in [0.2, 0.25) is 5.91 Å². The first-order chi connectivity index (χ1) is 14.5. The minimum atomic E-state index is -0.247. The van der Waals surface area contributed by atoms with E-state index < -0.39 is 0 Å². The van der Waals surface area contributed by atoms with E-state index in [4.69, 9.17) is 4.74 Å². The van der Waals surface area contributed by atoms with Crippen LogP contribution in [0.3, 0.4) is 0 Å². The van der Waals surface area contributed by atoms with E-state index in [0.717, 1.165) is 11.1 Å². The smallest absolute Gasteiger partial charge is 0.265 e. The molecule has 0 bridgehead atoms. The Labute approximate surface area is 177 Å². The van der Waals surface area contributed by atoms with Crippen LogP contribution in [0.15, 0.2) is 54.6 Å². The van der Waals surface area contributed by atoms with Crippen LogP contribution in [-0.2, 0) is 11.2 Å². The van der Waals surface area contributed by atoms with Gasteiger partial charge in [0.05, 0.1) is 23.8 Å². The Morgan fingerprint density at radius 1 is 1.10 bits per heavy atom. The summed E-state index contributed by atoms with van der Waals surface area (Å²) in [6.07, 6.45) is 0.258. The van der Waals surface area contributed by atoms with Gasteiger partial charge in [-0.15, -0.1) is 11.3 Å². The van der Waals surface area contributed by atoms with Crippen molar-refractivity contribution in [3.63, 3.8) is 0 Å². The molecule has 0 saturated carbocycles. The molecule has 0 spiro atoms. The van der Waals surface area contributed by atoms with Crippen LogP contribution in [-0.4, -0.2) is 29.1 Å². The lowest BCUT2D eigenvalue weighted by molar-refractivity contribution is -0.115. The van der Waals surface area contributed by atoms with Crippen molar-refractivity contribution in [2.75, 3.05) is 17.7 Å². The van der Waals surface area contributed by atoms with Gasteiger partial charge in [-0.05, 0) is 30.7 Å². The quantitative estimate of drug-likeness (QED) is 0.431. The third-order valence-electron chi connectivity index (χ3n) is 4.55. The summed E-state index contributed by atoms with van der Waals surface area (Å²) in [5, 5.41) is 13.4. The van der Waals surface area contributed by atoms with Crippen molar-refractivity contribution in [1.82, 2.24) is 10.2 Å². The predicted molar refractivity (Wildman–Crippen MR) is 118 cm³/mol. The summed E-state index contributed by atoms with van der Waals surface area (Å²) in [7, 11) is 1.57. The van der Waals surface area contributed by atoms with Crippen LogP contribution in [0.5, 0.6) is 5.75 Å². The standard InChI is InChI=1S/C22H20N4O3S/c1-13-6-8-14(9-7-13)10-19(27)24-20-17-12-18(30-22(17)26-25-20)21(28)23-15-4-3-5-16(11-15)29-2/h3-9,11-12H,10H2,1-2H3,(H,23,28)(H2,24,25,26,27). The van der Waals surface area contributed by atoms with Crippen LogP contribution in [0.2, 0.25) is 0 Å². The highest BCUT2D eigenvalue weighted by atomic mass is 32.1. The van der Waals surface area contributed by atoms with Crippen LogP contribution in [0.4, 0.5) is 11.5 Å². The first-order valence-electron chi connectivity index (χ1n) is 9.30. The Hall–Kier alpha value is -3.65. The highest BCUT2D eigenvalue weighted by Gasteiger charge is 2.17. The molecule has 4 rings (SSSR count). The van der Waals surface area contributed by atoms with Gasteiger partial charge in [-0.2, -0.15) is 5.10 Å². The summed E-state index contributed by atoms with van der Waals surface area (Å²) in [5.74, 6) is 0.743. The number of ether oxygens (including phenoxy) is 1. The Morgan fingerprint density at radius 3 is 2.67 bits per heavy atom. The van der Waals surface area contributed by atoms with Crippen molar-refractivity contribution in [3.05, 3.63) is 70.6 Å². The molecule has 0 fully saturated rings. The second kappa shape index (κ2) is 8.38. The van der Waals surface area contributed by atoms with Crippen LogP contribution in [0.25, 0.3) is 10.2 Å². The average Bonchev–Trinajstić information content (AvgIpc) is 3.32. The largest absolute Gasteiger partial charge is 0.497 e. The number of aromatic amines is 1. The number of anilines is 2. The second-order valence-corrected chi connectivity index (χ2v) is 7.86. The fourth-order valence-electron chi connectivity index (χ4n) is 2.99. The number of fused-ring (bicyclic) bond motifs is 1. The van der Waals surface area contributed by atoms with E-state index in [1.54, 1.807) is 37.4 Å². The zero-order chi connectivity index (χ0) is 21.1. The molecule has 8 heteroatoms. The van der Waals surface area contributed by atoms with Gasteiger partial charge < -0.3 is 15.4 Å². The van der Waals surface area contributed by atoms with Crippen LogP contribution in [0.1, 0.15) is 20.8 Å². The topological polar surface area (TPSA) is 96.1 Å². The van der Waals surface area contributed by atoms with Gasteiger partial charge in [0, 0.05) is 11.8 Å². The normalized spacial score (nSPS) is 10.7. The zero-order valence-corrected chi connectivity index (χ0v) is 17.3. The predicted octanol–water partition coefficient (Wildman–Crippen LogP) is 4.37. The van der Waals surface area contributed by atoms with E-state index in [0.29, 0.717) is 32.3 Å². The number of thiophene rings is 1. The summed E-state index contributed by atoms with van der Waals surface area (Å²) in [6, 6.07) is 16.7. The molecule has 0 aliphatic heterocycles. The van der Waals surface area contributed by atoms with Crippen molar-refractivity contribution in [2.24, 2.45) is 0 Å². The van der Waals surface area contributed by atoms with Crippen molar-refractivity contribution < 1.29 is 14.3 Å². The number of amides is 2. The van der Waals surface area contributed by atoms with Crippen molar-refractivity contribution in [3.8, 4) is 5.75 Å². The summed E-state index contributed by atoms with van der Waals surface area (Å²) in [4.78, 5) is 26.2. The number of carbonyl (C=O) groups excluding carboxylic acids is 2. The van der Waals surface area contributed by atoms with E-state index in [9.17, 15) is 9.59 Å². The molecule has 0 saturated heterocycles. The van der Waals surface area contributed by atoms with Crippen LogP contribution >= 0.6 is 11.3 Å². The molecule has 2 aromatic carbocycles. The van der Waals surface area contributed by atoms with Gasteiger partial charge >= 0.3 is 0 Å². The molecule has 0 aliphatic rings. The third-order valence-corrected chi connectivity index (χ3v) is 5.58. The number of carbonyl (C=O) groups is 2. The lowest BCUT2D eigenvalue weighted by Gasteiger charge is -2.05. The highest BCUT2D eigenvalue weighted by Crippen LogP contribution is 2.30. The number of nitrogens with one attached hydrogen (secondary N) is 3. The van der Waals surface area contributed by atoms with Gasteiger partial charge in [-0.25, -0.2) is 0 Å². The molecule has 7 nitrogen and oxygen atoms in total. The molecule has 0 atom stereocenters. The summed E-state index contributed by atoms with van der Waals surface area (Å²) >= 11 is 1.25. The zero-order valence-electron chi connectivity index (χ0n) is 16.5. The molecule has 4 aromatic rings. The lowest BCUT2D eigenvalue weighted by Crippen LogP contribution is -2.15. The van der Waals surface area contributed by atoms with E-state index in [1.807, 2.05) is 31.2 Å². The van der Waals surface area contributed by atoms with Gasteiger partial charge in [-0.1, -0.05) is 35.9 Å². The first-order valence-corrected chi connectivity index (χ1v) is 10.1. The van der Waals surface area contributed by atoms with E-state index in [1.165, 1.54) is 11.3 Å². The SMILES string of the molecule is COc1cccc(NC(=O)c2cc3c(NC(=O)Cc4ccc(C)cc4)[nH]nc3s2)c1. The first kappa shape index (κ1) is 19.7. The van der Waals surface area contributed by atoms with Gasteiger partial charge in [0.15, 0.2) is 0 Å². The maximum Gasteiger partial charge on any atom is 0.265 e. The molecule has 2 amide bonds. The summed E-state index contributed by atoms with van der Waals surface area (Å²) in [6.45, 7) is 2.00. The van der Waals surface area contributed by atoms with Crippen LogP contribution in [0, 0.1) is 6.92 Å². The monoisotopic (exact) mass is 420 g/mol. The second-order valence-electron chi connectivity index (χ2n) is 6.82. The lowest BCUT2D eigenvalue weighted by atomic mass is 10.1. The molecule has 0 radical (unpaired) electrons. The number of hydrogen-bond acceptors (Lipinski definition) is 5. The molecule has 2 heterocycles. The number of benzene rings is 2. The Morgan fingerprint density at radius 2 is 1.90 bits per heavy atom. The third kappa shape index (κ3) is 4.33. The average molecular weight is 420 g/mol. The maximum absolute atomic E-state index is 12.6. The summed E-state index contributed by atoms with van der Waals surface area (Å²) < 4.78 is 5.18. The highest BCUT2D eigenvalue weighted by molar-refractivity contribution is 7.20. The molecule has 152 valence electrons. The number of methoxy groups -OCH3 is 1. The number of H-pyrrole nitrogens is 1. The molecule has 3 N–H and O–H groups in total. The van der Waals surface area contributed by atoms with E-state index >= 15 is 0 Å². The van der Waals surface area contributed by atoms with Crippen molar-refractivity contribution >= 4 is 44.9 Å². The number of aryl methyl sites for hydroxylation is 1. The van der Waals surface area contributed by atoms with Gasteiger partial charge in [0.25, 0.3) is 5.91 Å². The Balaban J connectivity index is 1.46. The molecule has 0 aliphatic carbocycles. The minimum absolute atomic E-state index is 0.155. The molecule has 0 unspecified atom stereocenters. The van der Waals surface area contributed by atoms with Crippen LogP contribution < -0.4 is 15.4 Å². The van der Waals surface area contributed by atoms with E-state index in [2.05, 4.69) is 20.8 Å². The Bertz CT molecular complexity index is 1210. The number of rotatable bonds is 6. The number of nitrogens with zero attached hydrogens (tertiary/aromatic N) is 1. The fourth-order valence-corrected chi connectivity index (χ4v) is 3.88. The number of aromatic nitrogens is 2. The van der Waals surface area contributed by atoms with Crippen molar-refractivity contribution in [1.29, 1.82) is 0 Å². The Kier molecular flexibility index (Phi) is 5.49. The molecule has 2 aromatic heterocycles. The summed E-state index contributed by atoms with van der Waals surface area (Å²) in [5.41, 5.74) is 2.71. The maximum atomic E-state index is 12.6. The minimum Gasteiger partial charge on any atom is -0.497 e. The molecular formula is C22H20N4O3S. The van der Waals surface area contributed by atoms with E-state index in [-0.39, 0.29) is 18.2 Å². The molecular weight excluding hydrogens is 400 g/mol.